The number of halogens is 1. The summed E-state index contributed by atoms with van der Waals surface area (Å²) in [6, 6.07) is 5.79. The van der Waals surface area contributed by atoms with Crippen LogP contribution in [0.4, 0.5) is 0 Å². The largest absolute Gasteiger partial charge is 0.495 e. The number of benzene rings is 1. The van der Waals surface area contributed by atoms with Gasteiger partial charge in [-0.2, -0.15) is 0 Å². The number of nitrogens with two attached hydrogens (primary N) is 1. The highest BCUT2D eigenvalue weighted by atomic mass is 35.5. The maximum atomic E-state index is 6.12. The van der Waals surface area contributed by atoms with Crippen LogP contribution in [-0.2, 0) is 0 Å². The Bertz CT molecular complexity index is 339. The molecule has 0 amide bonds. The van der Waals surface area contributed by atoms with Crippen LogP contribution in [0.25, 0.3) is 0 Å². The molecule has 3 heteroatoms. The van der Waals surface area contributed by atoms with Crippen LogP contribution >= 0.6 is 11.6 Å². The van der Waals surface area contributed by atoms with E-state index >= 15 is 0 Å². The number of ether oxygens (including phenoxy) is 1. The molecule has 16 heavy (non-hydrogen) atoms. The van der Waals surface area contributed by atoms with Crippen LogP contribution in [0.15, 0.2) is 18.2 Å². The van der Waals surface area contributed by atoms with Gasteiger partial charge >= 0.3 is 0 Å². The highest BCUT2D eigenvalue weighted by molar-refractivity contribution is 6.32. The van der Waals surface area contributed by atoms with Gasteiger partial charge in [-0.25, -0.2) is 0 Å². The first-order valence-corrected chi connectivity index (χ1v) is 6.01. The standard InChI is InChI=1S/C13H20ClNO/c1-9(2)4-7-12(15)10-5-6-11(14)13(8-10)16-3/h5-6,8-9,12H,4,7,15H2,1-3H3. The second-order valence-corrected chi connectivity index (χ2v) is 4.88. The Morgan fingerprint density at radius 1 is 1.31 bits per heavy atom. The second-order valence-electron chi connectivity index (χ2n) is 4.47. The molecule has 0 aliphatic carbocycles. The van der Waals surface area contributed by atoms with E-state index in [2.05, 4.69) is 13.8 Å². The van der Waals surface area contributed by atoms with Crippen LogP contribution in [-0.4, -0.2) is 7.11 Å². The van der Waals surface area contributed by atoms with Crippen LogP contribution in [0.2, 0.25) is 5.02 Å². The minimum Gasteiger partial charge on any atom is -0.495 e. The first-order chi connectivity index (χ1) is 7.54. The molecular weight excluding hydrogens is 222 g/mol. The van der Waals surface area contributed by atoms with Gasteiger partial charge in [-0.3, -0.25) is 0 Å². The van der Waals surface area contributed by atoms with Gasteiger partial charge in [0.2, 0.25) is 0 Å². The maximum Gasteiger partial charge on any atom is 0.137 e. The fourth-order valence-electron chi connectivity index (χ4n) is 1.59. The minimum absolute atomic E-state index is 0.0635. The summed E-state index contributed by atoms with van der Waals surface area (Å²) in [6.45, 7) is 4.41. The summed E-state index contributed by atoms with van der Waals surface area (Å²) < 4.78 is 5.17. The van der Waals surface area contributed by atoms with Crippen molar-refractivity contribution in [3.63, 3.8) is 0 Å². The Morgan fingerprint density at radius 3 is 2.56 bits per heavy atom. The Kier molecular flexibility index (Phi) is 5.10. The Balaban J connectivity index is 2.72. The van der Waals surface area contributed by atoms with Gasteiger partial charge in [0.05, 0.1) is 12.1 Å². The highest BCUT2D eigenvalue weighted by Gasteiger charge is 2.09. The predicted octanol–water partition coefficient (Wildman–Crippen LogP) is 3.78. The van der Waals surface area contributed by atoms with Crippen molar-refractivity contribution in [1.29, 1.82) is 0 Å². The lowest BCUT2D eigenvalue weighted by molar-refractivity contribution is 0.413. The topological polar surface area (TPSA) is 35.2 Å². The zero-order chi connectivity index (χ0) is 12.1. The van der Waals surface area contributed by atoms with E-state index in [1.807, 2.05) is 18.2 Å². The van der Waals surface area contributed by atoms with E-state index in [1.165, 1.54) is 0 Å². The number of hydrogen-bond donors (Lipinski definition) is 1. The van der Waals surface area contributed by atoms with Crippen molar-refractivity contribution < 1.29 is 4.74 Å². The summed E-state index contributed by atoms with van der Waals surface area (Å²) in [4.78, 5) is 0. The summed E-state index contributed by atoms with van der Waals surface area (Å²) in [5.41, 5.74) is 7.20. The van der Waals surface area contributed by atoms with E-state index in [0.29, 0.717) is 16.7 Å². The normalized spacial score (nSPS) is 12.9. The van der Waals surface area contributed by atoms with Gasteiger partial charge in [0.15, 0.2) is 0 Å². The molecule has 0 heterocycles. The molecule has 0 aliphatic heterocycles. The first kappa shape index (κ1) is 13.3. The molecule has 1 aromatic carbocycles. The van der Waals surface area contributed by atoms with Crippen LogP contribution in [0.1, 0.15) is 38.3 Å². The summed E-state index contributed by atoms with van der Waals surface area (Å²) in [7, 11) is 1.62. The summed E-state index contributed by atoms with van der Waals surface area (Å²) >= 11 is 5.96. The molecule has 0 saturated heterocycles. The smallest absolute Gasteiger partial charge is 0.137 e. The maximum absolute atomic E-state index is 6.12. The molecule has 0 spiro atoms. The Hall–Kier alpha value is -0.730. The van der Waals surface area contributed by atoms with Crippen molar-refractivity contribution >= 4 is 11.6 Å². The monoisotopic (exact) mass is 241 g/mol. The lowest BCUT2D eigenvalue weighted by Gasteiger charge is -2.15. The average Bonchev–Trinajstić information content (AvgIpc) is 2.26. The summed E-state index contributed by atoms with van der Waals surface area (Å²) in [6.07, 6.45) is 2.12. The molecule has 0 bridgehead atoms. The molecule has 0 fully saturated rings. The molecule has 0 radical (unpaired) electrons. The Morgan fingerprint density at radius 2 is 2.00 bits per heavy atom. The van der Waals surface area contributed by atoms with Crippen LogP contribution in [0, 0.1) is 5.92 Å². The van der Waals surface area contributed by atoms with Crippen LogP contribution in [0.3, 0.4) is 0 Å². The molecule has 1 aromatic rings. The lowest BCUT2D eigenvalue weighted by atomic mass is 9.98. The third-order valence-corrected chi connectivity index (χ3v) is 2.97. The predicted molar refractivity (Wildman–Crippen MR) is 69.0 cm³/mol. The van der Waals surface area contributed by atoms with Gasteiger partial charge in [0.1, 0.15) is 5.75 Å². The number of hydrogen-bond acceptors (Lipinski definition) is 2. The zero-order valence-corrected chi connectivity index (χ0v) is 10.9. The average molecular weight is 242 g/mol. The van der Waals surface area contributed by atoms with E-state index in [1.54, 1.807) is 7.11 Å². The van der Waals surface area contributed by atoms with E-state index in [-0.39, 0.29) is 6.04 Å². The molecular formula is C13H20ClNO. The van der Waals surface area contributed by atoms with Gasteiger partial charge < -0.3 is 10.5 Å². The summed E-state index contributed by atoms with van der Waals surface area (Å²) in [5.74, 6) is 1.37. The van der Waals surface area contributed by atoms with E-state index in [0.717, 1.165) is 18.4 Å². The lowest BCUT2D eigenvalue weighted by Crippen LogP contribution is -2.11. The van der Waals surface area contributed by atoms with Crippen LogP contribution in [0.5, 0.6) is 5.75 Å². The zero-order valence-electron chi connectivity index (χ0n) is 10.2. The highest BCUT2D eigenvalue weighted by Crippen LogP contribution is 2.28. The first-order valence-electron chi connectivity index (χ1n) is 5.63. The quantitative estimate of drug-likeness (QED) is 0.852. The molecule has 0 aromatic heterocycles. The Labute approximate surface area is 103 Å². The van der Waals surface area contributed by atoms with Crippen molar-refractivity contribution in [2.45, 2.75) is 32.7 Å². The fraction of sp³-hybridized carbons (Fsp3) is 0.538. The molecule has 2 N–H and O–H groups in total. The van der Waals surface area contributed by atoms with E-state index in [9.17, 15) is 0 Å². The van der Waals surface area contributed by atoms with Crippen molar-refractivity contribution in [2.75, 3.05) is 7.11 Å². The van der Waals surface area contributed by atoms with E-state index in [4.69, 9.17) is 22.1 Å². The van der Waals surface area contributed by atoms with Crippen molar-refractivity contribution in [2.24, 2.45) is 11.7 Å². The van der Waals surface area contributed by atoms with Gasteiger partial charge in [-0.1, -0.05) is 31.5 Å². The molecule has 1 rings (SSSR count). The molecule has 2 nitrogen and oxygen atoms in total. The van der Waals surface area contributed by atoms with Gasteiger partial charge in [0, 0.05) is 6.04 Å². The van der Waals surface area contributed by atoms with Crippen molar-refractivity contribution in [3.8, 4) is 5.75 Å². The molecule has 0 aliphatic rings. The van der Waals surface area contributed by atoms with Gasteiger partial charge in [-0.05, 0) is 36.5 Å². The fourth-order valence-corrected chi connectivity index (χ4v) is 1.78. The minimum atomic E-state index is 0.0635. The molecule has 90 valence electrons. The second kappa shape index (κ2) is 6.12. The summed E-state index contributed by atoms with van der Waals surface area (Å²) in [5, 5.41) is 0.627. The van der Waals surface area contributed by atoms with E-state index < -0.39 is 0 Å². The van der Waals surface area contributed by atoms with Gasteiger partial charge in [0.25, 0.3) is 0 Å². The molecule has 1 unspecified atom stereocenters. The van der Waals surface area contributed by atoms with Gasteiger partial charge in [-0.15, -0.1) is 0 Å². The number of methoxy groups -OCH3 is 1. The SMILES string of the molecule is COc1cc(C(N)CCC(C)C)ccc1Cl. The van der Waals surface area contributed by atoms with Crippen LogP contribution < -0.4 is 10.5 Å². The molecule has 1 atom stereocenters. The third kappa shape index (κ3) is 3.69. The molecule has 0 saturated carbocycles. The third-order valence-electron chi connectivity index (χ3n) is 2.66. The van der Waals surface area contributed by atoms with Crippen molar-refractivity contribution in [1.82, 2.24) is 0 Å². The number of rotatable bonds is 5. The van der Waals surface area contributed by atoms with Crippen molar-refractivity contribution in [3.05, 3.63) is 28.8 Å².